The summed E-state index contributed by atoms with van der Waals surface area (Å²) < 4.78 is 18.7. The van der Waals surface area contributed by atoms with Crippen LogP contribution in [0.1, 0.15) is 17.9 Å². The van der Waals surface area contributed by atoms with E-state index in [1.807, 2.05) is 32.3 Å². The van der Waals surface area contributed by atoms with Crippen LogP contribution in [0.25, 0.3) is 11.3 Å². The molecule has 2 N–H and O–H groups in total. The van der Waals surface area contributed by atoms with Gasteiger partial charge in [0.25, 0.3) is 0 Å². The Bertz CT molecular complexity index is 1030. The minimum Gasteiger partial charge on any atom is -0.441 e. The molecule has 0 radical (unpaired) electrons. The number of aromatic nitrogens is 1. The highest BCUT2D eigenvalue weighted by atomic mass is 19.1. The number of aryl methyl sites for hydroxylation is 1. The van der Waals surface area contributed by atoms with E-state index in [-0.39, 0.29) is 24.1 Å². The van der Waals surface area contributed by atoms with Crippen LogP contribution in [0.5, 0.6) is 0 Å². The first-order valence-corrected chi connectivity index (χ1v) is 9.90. The van der Waals surface area contributed by atoms with E-state index < -0.39 is 0 Å². The lowest BCUT2D eigenvalue weighted by Crippen LogP contribution is -2.27. The Morgan fingerprint density at radius 1 is 1.10 bits per heavy atom. The van der Waals surface area contributed by atoms with Crippen molar-refractivity contribution >= 4 is 17.5 Å². The fourth-order valence-electron chi connectivity index (χ4n) is 2.93. The number of halogens is 1. The Balaban J connectivity index is 1.46. The maximum absolute atomic E-state index is 13.0. The molecule has 0 spiro atoms. The number of nitrogens with one attached hydrogen (secondary N) is 2. The van der Waals surface area contributed by atoms with Crippen LogP contribution in [0.2, 0.25) is 0 Å². The van der Waals surface area contributed by atoms with Gasteiger partial charge in [-0.3, -0.25) is 9.59 Å². The highest BCUT2D eigenvalue weighted by molar-refractivity contribution is 5.92. The first-order valence-electron chi connectivity index (χ1n) is 9.90. The third-order valence-corrected chi connectivity index (χ3v) is 4.41. The summed E-state index contributed by atoms with van der Waals surface area (Å²) in [5.74, 6) is 0.422. The van der Waals surface area contributed by atoms with Crippen molar-refractivity contribution in [2.75, 3.05) is 26.0 Å². The van der Waals surface area contributed by atoms with Crippen molar-refractivity contribution in [1.82, 2.24) is 15.2 Å². The molecule has 2 amide bonds. The van der Waals surface area contributed by atoms with Crippen molar-refractivity contribution in [2.24, 2.45) is 0 Å². The minimum absolute atomic E-state index is 0.0999. The predicted octanol–water partition coefficient (Wildman–Crippen LogP) is 3.23. The van der Waals surface area contributed by atoms with Crippen LogP contribution in [-0.2, 0) is 22.6 Å². The number of hydrogen-bond acceptors (Lipinski definition) is 5. The van der Waals surface area contributed by atoms with Gasteiger partial charge in [0, 0.05) is 30.6 Å². The van der Waals surface area contributed by atoms with E-state index in [1.165, 1.54) is 12.1 Å². The van der Waals surface area contributed by atoms with E-state index in [0.29, 0.717) is 36.8 Å². The Morgan fingerprint density at radius 3 is 2.61 bits per heavy atom. The Labute approximate surface area is 180 Å². The van der Waals surface area contributed by atoms with Crippen molar-refractivity contribution in [1.29, 1.82) is 0 Å². The molecule has 3 rings (SSSR count). The molecule has 0 aliphatic rings. The van der Waals surface area contributed by atoms with Gasteiger partial charge in [0.15, 0.2) is 11.7 Å². The molecular weight excluding hydrogens is 399 g/mol. The van der Waals surface area contributed by atoms with Gasteiger partial charge in [0.2, 0.25) is 11.8 Å². The zero-order chi connectivity index (χ0) is 22.2. The second-order valence-electron chi connectivity index (χ2n) is 7.39. The molecule has 0 aliphatic carbocycles. The first kappa shape index (κ1) is 22.2. The lowest BCUT2D eigenvalue weighted by atomic mass is 10.2. The number of carbonyl (C=O) groups is 2. The van der Waals surface area contributed by atoms with Crippen LogP contribution in [0.15, 0.2) is 59.1 Å². The molecular formula is C23H25FN4O3. The Hall–Kier alpha value is -3.52. The highest BCUT2D eigenvalue weighted by Gasteiger charge is 2.10. The van der Waals surface area contributed by atoms with E-state index in [9.17, 15) is 14.0 Å². The molecule has 1 heterocycles. The second kappa shape index (κ2) is 10.5. The molecule has 31 heavy (non-hydrogen) atoms. The number of amides is 2. The lowest BCUT2D eigenvalue weighted by Gasteiger charge is -2.11. The average Bonchev–Trinajstić information content (AvgIpc) is 3.20. The molecule has 2 aromatic carbocycles. The largest absolute Gasteiger partial charge is 0.441 e. The summed E-state index contributed by atoms with van der Waals surface area (Å²) in [6, 6.07) is 13.3. The number of anilines is 1. The topological polar surface area (TPSA) is 87.5 Å². The number of hydrogen-bond donors (Lipinski definition) is 2. The number of benzene rings is 2. The summed E-state index contributed by atoms with van der Waals surface area (Å²) in [6.07, 6.45) is 2.15. The zero-order valence-electron chi connectivity index (χ0n) is 17.5. The van der Waals surface area contributed by atoms with E-state index in [1.54, 1.807) is 29.3 Å². The average molecular weight is 424 g/mol. The van der Waals surface area contributed by atoms with Gasteiger partial charge in [0.1, 0.15) is 5.82 Å². The SMILES string of the molecule is CN(C)CC(=O)Nc1cccc(CNC(=O)CCc2ncc(-c3ccc(F)cc3)o2)c1. The van der Waals surface area contributed by atoms with E-state index in [0.717, 1.165) is 11.1 Å². The zero-order valence-corrected chi connectivity index (χ0v) is 17.5. The van der Waals surface area contributed by atoms with Gasteiger partial charge in [-0.2, -0.15) is 0 Å². The second-order valence-corrected chi connectivity index (χ2v) is 7.39. The van der Waals surface area contributed by atoms with Gasteiger partial charge >= 0.3 is 0 Å². The first-order chi connectivity index (χ1) is 14.9. The molecule has 162 valence electrons. The van der Waals surface area contributed by atoms with Gasteiger partial charge in [-0.15, -0.1) is 0 Å². The molecule has 0 atom stereocenters. The summed E-state index contributed by atoms with van der Waals surface area (Å²) in [7, 11) is 3.65. The van der Waals surface area contributed by atoms with Crippen LogP contribution in [0.4, 0.5) is 10.1 Å². The third kappa shape index (κ3) is 7.04. The highest BCUT2D eigenvalue weighted by Crippen LogP contribution is 2.21. The molecule has 7 nitrogen and oxygen atoms in total. The van der Waals surface area contributed by atoms with E-state index >= 15 is 0 Å². The molecule has 0 saturated carbocycles. The van der Waals surface area contributed by atoms with Crippen molar-refractivity contribution in [2.45, 2.75) is 19.4 Å². The van der Waals surface area contributed by atoms with Gasteiger partial charge < -0.3 is 20.0 Å². The molecule has 0 aliphatic heterocycles. The summed E-state index contributed by atoms with van der Waals surface area (Å²) in [6.45, 7) is 0.646. The van der Waals surface area contributed by atoms with Crippen LogP contribution >= 0.6 is 0 Å². The van der Waals surface area contributed by atoms with Crippen molar-refractivity contribution < 1.29 is 18.4 Å². The molecule has 0 unspecified atom stereocenters. The van der Waals surface area contributed by atoms with Crippen molar-refractivity contribution in [3.05, 3.63) is 72.0 Å². The number of oxazole rings is 1. The van der Waals surface area contributed by atoms with Crippen molar-refractivity contribution in [3.63, 3.8) is 0 Å². The fraction of sp³-hybridized carbons (Fsp3) is 0.261. The summed E-state index contributed by atoms with van der Waals surface area (Å²) in [5, 5.41) is 5.69. The Kier molecular flexibility index (Phi) is 7.50. The number of nitrogens with zero attached hydrogens (tertiary/aromatic N) is 2. The molecule has 0 saturated heterocycles. The molecule has 1 aromatic heterocycles. The van der Waals surface area contributed by atoms with Crippen LogP contribution < -0.4 is 10.6 Å². The molecule has 8 heteroatoms. The number of rotatable bonds is 9. The standard InChI is InChI=1S/C23H25FN4O3/c1-28(2)15-22(30)27-19-5-3-4-16(12-19)13-25-21(29)10-11-23-26-14-20(31-23)17-6-8-18(24)9-7-17/h3-9,12,14H,10-11,13,15H2,1-2H3,(H,25,29)(H,27,30). The maximum Gasteiger partial charge on any atom is 0.238 e. The smallest absolute Gasteiger partial charge is 0.238 e. The maximum atomic E-state index is 13.0. The monoisotopic (exact) mass is 424 g/mol. The normalized spacial score (nSPS) is 10.8. The minimum atomic E-state index is -0.318. The van der Waals surface area contributed by atoms with Gasteiger partial charge in [-0.05, 0) is 56.1 Å². The molecule has 0 fully saturated rings. The quantitative estimate of drug-likeness (QED) is 0.551. The van der Waals surface area contributed by atoms with Gasteiger partial charge in [0.05, 0.1) is 12.7 Å². The number of likely N-dealkylation sites (N-methyl/N-ethyl adjacent to an activating group) is 1. The lowest BCUT2D eigenvalue weighted by molar-refractivity contribution is -0.121. The Morgan fingerprint density at radius 2 is 1.87 bits per heavy atom. The van der Waals surface area contributed by atoms with Crippen LogP contribution in [-0.4, -0.2) is 42.3 Å². The number of carbonyl (C=O) groups excluding carboxylic acids is 2. The summed E-state index contributed by atoms with van der Waals surface area (Å²) >= 11 is 0. The van der Waals surface area contributed by atoms with Crippen molar-refractivity contribution in [3.8, 4) is 11.3 Å². The van der Waals surface area contributed by atoms with Gasteiger partial charge in [-0.1, -0.05) is 12.1 Å². The van der Waals surface area contributed by atoms with E-state index in [4.69, 9.17) is 4.42 Å². The third-order valence-electron chi connectivity index (χ3n) is 4.41. The summed E-state index contributed by atoms with van der Waals surface area (Å²) in [5.41, 5.74) is 2.29. The van der Waals surface area contributed by atoms with Crippen LogP contribution in [0.3, 0.4) is 0 Å². The predicted molar refractivity (Wildman–Crippen MR) is 116 cm³/mol. The fourth-order valence-corrected chi connectivity index (χ4v) is 2.93. The van der Waals surface area contributed by atoms with Crippen LogP contribution in [0, 0.1) is 5.82 Å². The summed E-state index contributed by atoms with van der Waals surface area (Å²) in [4.78, 5) is 30.0. The van der Waals surface area contributed by atoms with Gasteiger partial charge in [-0.25, -0.2) is 9.37 Å². The molecule has 0 bridgehead atoms. The molecule has 3 aromatic rings. The van der Waals surface area contributed by atoms with E-state index in [2.05, 4.69) is 15.6 Å².